The number of fused-ring (bicyclic) bond motifs is 3. The standard InChI is InChI=1S/C24H27NO7/c1-8(2)13-11-6-5-7-12(27)16(11)20(28)17-14(13)9(3)18-19(25)21(29)15(10(4)26)22(30)24(18,32)23(17)31/h5-9,13-14,18-19,27,29,31-32H,25H2,1-4H3/t9?,13?,14-,18+,19+,24-/m1/s1. The van der Waals surface area contributed by atoms with Crippen LogP contribution in [0.4, 0.5) is 0 Å². The zero-order chi connectivity index (χ0) is 23.9. The normalized spacial score (nSPS) is 34.4. The highest BCUT2D eigenvalue weighted by Crippen LogP contribution is 2.58. The maximum Gasteiger partial charge on any atom is 0.209 e. The first-order valence-electron chi connectivity index (χ1n) is 10.6. The number of allylic oxidation sites excluding steroid dienone is 1. The van der Waals surface area contributed by atoms with Gasteiger partial charge in [-0.05, 0) is 36.3 Å². The van der Waals surface area contributed by atoms with Crippen molar-refractivity contribution in [1.82, 2.24) is 0 Å². The second-order valence-corrected chi connectivity index (χ2v) is 9.45. The number of nitrogens with two attached hydrogens (primary N) is 1. The van der Waals surface area contributed by atoms with Crippen LogP contribution in [0, 0.1) is 23.7 Å². The van der Waals surface area contributed by atoms with Gasteiger partial charge in [0, 0.05) is 17.4 Å². The fraction of sp³-hybridized carbons (Fsp3) is 0.458. The van der Waals surface area contributed by atoms with Crippen molar-refractivity contribution < 1.29 is 34.8 Å². The van der Waals surface area contributed by atoms with Gasteiger partial charge in [0.1, 0.15) is 22.8 Å². The molecule has 3 aliphatic carbocycles. The van der Waals surface area contributed by atoms with E-state index < -0.39 is 63.8 Å². The highest BCUT2D eigenvalue weighted by atomic mass is 16.3. The molecule has 0 bridgehead atoms. The van der Waals surface area contributed by atoms with Gasteiger partial charge in [-0.1, -0.05) is 32.9 Å². The number of benzene rings is 1. The van der Waals surface area contributed by atoms with Gasteiger partial charge in [0.05, 0.1) is 11.6 Å². The first kappa shape index (κ1) is 22.2. The summed E-state index contributed by atoms with van der Waals surface area (Å²) in [7, 11) is 0. The lowest BCUT2D eigenvalue weighted by atomic mass is 9.51. The lowest BCUT2D eigenvalue weighted by Gasteiger charge is -2.53. The fourth-order valence-electron chi connectivity index (χ4n) is 6.17. The molecule has 0 amide bonds. The van der Waals surface area contributed by atoms with Gasteiger partial charge in [-0.25, -0.2) is 0 Å². The molecule has 1 aromatic carbocycles. The van der Waals surface area contributed by atoms with Crippen molar-refractivity contribution in [3.05, 3.63) is 52.0 Å². The van der Waals surface area contributed by atoms with Gasteiger partial charge in [-0.15, -0.1) is 0 Å². The molecule has 0 radical (unpaired) electrons. The van der Waals surface area contributed by atoms with E-state index >= 15 is 0 Å². The van der Waals surface area contributed by atoms with Gasteiger partial charge in [0.25, 0.3) is 0 Å². The molecular weight excluding hydrogens is 414 g/mol. The number of aromatic hydroxyl groups is 1. The fourth-order valence-corrected chi connectivity index (χ4v) is 6.17. The van der Waals surface area contributed by atoms with Gasteiger partial charge >= 0.3 is 0 Å². The van der Waals surface area contributed by atoms with E-state index in [0.717, 1.165) is 6.92 Å². The first-order chi connectivity index (χ1) is 14.9. The number of aliphatic hydroxyl groups is 3. The van der Waals surface area contributed by atoms with Crippen LogP contribution in [-0.4, -0.2) is 49.4 Å². The molecular formula is C24H27NO7. The van der Waals surface area contributed by atoms with Crippen molar-refractivity contribution in [2.24, 2.45) is 29.4 Å². The Labute approximate surface area is 185 Å². The van der Waals surface area contributed by atoms with Crippen molar-refractivity contribution in [3.8, 4) is 5.75 Å². The summed E-state index contributed by atoms with van der Waals surface area (Å²) in [5.74, 6) is -7.22. The van der Waals surface area contributed by atoms with Crippen LogP contribution in [0.15, 0.2) is 40.9 Å². The quantitative estimate of drug-likeness (QED) is 0.436. The Morgan fingerprint density at radius 1 is 1.16 bits per heavy atom. The Morgan fingerprint density at radius 3 is 2.34 bits per heavy atom. The van der Waals surface area contributed by atoms with Crippen LogP contribution >= 0.6 is 0 Å². The number of hydrogen-bond donors (Lipinski definition) is 5. The van der Waals surface area contributed by atoms with E-state index in [9.17, 15) is 34.8 Å². The van der Waals surface area contributed by atoms with Crippen LogP contribution in [0.25, 0.3) is 0 Å². The molecule has 32 heavy (non-hydrogen) atoms. The summed E-state index contributed by atoms with van der Waals surface area (Å²) in [4.78, 5) is 38.8. The molecule has 6 N–H and O–H groups in total. The monoisotopic (exact) mass is 441 g/mol. The van der Waals surface area contributed by atoms with Crippen molar-refractivity contribution in [2.45, 2.75) is 45.3 Å². The molecule has 1 aromatic rings. The number of Topliss-reactive ketones (excluding diaryl/α,β-unsaturated/α-hetero) is 3. The van der Waals surface area contributed by atoms with Crippen LogP contribution in [0.2, 0.25) is 0 Å². The molecule has 4 rings (SSSR count). The predicted molar refractivity (Wildman–Crippen MR) is 114 cm³/mol. The summed E-state index contributed by atoms with van der Waals surface area (Å²) >= 11 is 0. The Hall–Kier alpha value is -2.97. The Bertz CT molecular complexity index is 1130. The van der Waals surface area contributed by atoms with Crippen LogP contribution in [0.3, 0.4) is 0 Å². The van der Waals surface area contributed by atoms with E-state index in [1.165, 1.54) is 6.07 Å². The summed E-state index contributed by atoms with van der Waals surface area (Å²) in [6.07, 6.45) is 0. The van der Waals surface area contributed by atoms with E-state index in [1.54, 1.807) is 19.1 Å². The number of phenols is 1. The minimum atomic E-state index is -2.64. The van der Waals surface area contributed by atoms with E-state index in [2.05, 4.69) is 0 Å². The van der Waals surface area contributed by atoms with Crippen LogP contribution < -0.4 is 5.73 Å². The summed E-state index contributed by atoms with van der Waals surface area (Å²) in [6, 6.07) is 3.45. The molecule has 0 spiro atoms. The largest absolute Gasteiger partial charge is 0.510 e. The lowest BCUT2D eigenvalue weighted by Crippen LogP contribution is -2.65. The average Bonchev–Trinajstić information content (AvgIpc) is 2.70. The summed E-state index contributed by atoms with van der Waals surface area (Å²) < 4.78 is 0. The number of carbonyl (C=O) groups is 3. The third kappa shape index (κ3) is 2.53. The van der Waals surface area contributed by atoms with Crippen LogP contribution in [0.1, 0.15) is 49.5 Å². The lowest BCUT2D eigenvalue weighted by molar-refractivity contribution is -0.149. The third-order valence-corrected chi connectivity index (χ3v) is 7.46. The third-order valence-electron chi connectivity index (χ3n) is 7.46. The highest BCUT2D eigenvalue weighted by molar-refractivity contribution is 6.25. The van der Waals surface area contributed by atoms with Crippen molar-refractivity contribution >= 4 is 17.3 Å². The maximum atomic E-state index is 13.5. The molecule has 0 saturated carbocycles. The van der Waals surface area contributed by atoms with E-state index in [-0.39, 0.29) is 28.7 Å². The van der Waals surface area contributed by atoms with Crippen molar-refractivity contribution in [2.75, 3.05) is 0 Å². The van der Waals surface area contributed by atoms with Crippen LogP contribution in [0.5, 0.6) is 5.75 Å². The number of rotatable bonds is 2. The van der Waals surface area contributed by atoms with E-state index in [4.69, 9.17) is 5.73 Å². The van der Waals surface area contributed by atoms with Gasteiger partial charge in [0.15, 0.2) is 17.2 Å². The molecule has 8 heteroatoms. The molecule has 0 heterocycles. The molecule has 6 atom stereocenters. The molecule has 0 fully saturated rings. The summed E-state index contributed by atoms with van der Waals surface area (Å²) in [5.41, 5.74) is 3.39. The van der Waals surface area contributed by atoms with Gasteiger partial charge in [-0.3, -0.25) is 14.4 Å². The highest BCUT2D eigenvalue weighted by Gasteiger charge is 2.65. The number of carbonyl (C=O) groups excluding carboxylic acids is 3. The maximum absolute atomic E-state index is 13.5. The minimum absolute atomic E-state index is 0.0241. The van der Waals surface area contributed by atoms with Crippen molar-refractivity contribution in [3.63, 3.8) is 0 Å². The molecule has 2 unspecified atom stereocenters. The first-order valence-corrected chi connectivity index (χ1v) is 10.6. The molecule has 0 saturated heterocycles. The Kier molecular flexibility index (Phi) is 4.87. The molecule has 0 aliphatic heterocycles. The molecule has 170 valence electrons. The topological polar surface area (TPSA) is 158 Å². The molecule has 8 nitrogen and oxygen atoms in total. The summed E-state index contributed by atoms with van der Waals surface area (Å²) in [5, 5.41) is 43.8. The molecule has 3 aliphatic rings. The van der Waals surface area contributed by atoms with Gasteiger partial charge < -0.3 is 26.2 Å². The van der Waals surface area contributed by atoms with Crippen LogP contribution in [-0.2, 0) is 9.59 Å². The second-order valence-electron chi connectivity index (χ2n) is 9.45. The van der Waals surface area contributed by atoms with Gasteiger partial charge in [0.2, 0.25) is 5.78 Å². The number of ketones is 3. The Balaban J connectivity index is 2.07. The predicted octanol–water partition coefficient (Wildman–Crippen LogP) is 2.06. The zero-order valence-electron chi connectivity index (χ0n) is 18.3. The molecule has 0 aromatic heterocycles. The zero-order valence-corrected chi connectivity index (χ0v) is 18.3. The summed E-state index contributed by atoms with van der Waals surface area (Å²) in [6.45, 7) is 6.64. The number of hydrogen-bond acceptors (Lipinski definition) is 8. The minimum Gasteiger partial charge on any atom is -0.510 e. The Morgan fingerprint density at radius 2 is 1.78 bits per heavy atom. The number of phenolic OH excluding ortho intramolecular Hbond substituents is 1. The van der Waals surface area contributed by atoms with E-state index in [1.807, 2.05) is 13.8 Å². The second kappa shape index (κ2) is 7.02. The number of aliphatic hydroxyl groups excluding tert-OH is 2. The smallest absolute Gasteiger partial charge is 0.209 e. The van der Waals surface area contributed by atoms with Gasteiger partial charge in [-0.2, -0.15) is 0 Å². The van der Waals surface area contributed by atoms with Crippen molar-refractivity contribution in [1.29, 1.82) is 0 Å². The van der Waals surface area contributed by atoms with E-state index in [0.29, 0.717) is 5.56 Å². The average molecular weight is 441 g/mol. The SMILES string of the molecule is CC(=O)C1=C(O)[C@@H](N)[C@@H]2C(C)[C@H]3C(=C(O)[C@]2(O)C1=O)C(=O)c1c(O)cccc1C3C(C)C.